The molecule has 0 saturated heterocycles. The monoisotopic (exact) mass is 511 g/mol. The molecule has 9 heteroatoms. The lowest BCUT2D eigenvalue weighted by Crippen LogP contribution is -2.27. The Labute approximate surface area is 217 Å². The summed E-state index contributed by atoms with van der Waals surface area (Å²) >= 11 is 1.57. The van der Waals surface area contributed by atoms with Gasteiger partial charge in [0, 0.05) is 21.6 Å². The first-order valence-corrected chi connectivity index (χ1v) is 12.6. The van der Waals surface area contributed by atoms with Gasteiger partial charge < -0.3 is 20.4 Å². The van der Waals surface area contributed by atoms with Crippen LogP contribution in [0.3, 0.4) is 0 Å². The highest BCUT2D eigenvalue weighted by Gasteiger charge is 2.11. The second kappa shape index (κ2) is 11.0. The zero-order valence-corrected chi connectivity index (χ0v) is 20.9. The molecule has 3 amide bonds. The summed E-state index contributed by atoms with van der Waals surface area (Å²) in [5.74, 6) is 0.626. The number of H-pyrrole nitrogens is 1. The van der Waals surface area contributed by atoms with Crippen LogP contribution < -0.4 is 16.0 Å². The van der Waals surface area contributed by atoms with Crippen LogP contribution in [0.4, 0.5) is 16.2 Å². The number of rotatable bonds is 8. The lowest BCUT2D eigenvalue weighted by atomic mass is 10.1. The van der Waals surface area contributed by atoms with Gasteiger partial charge in [0.1, 0.15) is 5.76 Å². The molecule has 0 unspecified atom stereocenters. The molecule has 0 aliphatic carbocycles. The third-order valence-electron chi connectivity index (χ3n) is 5.71. The molecule has 0 aliphatic rings. The van der Waals surface area contributed by atoms with Crippen molar-refractivity contribution in [1.29, 1.82) is 0 Å². The predicted molar refractivity (Wildman–Crippen MR) is 147 cm³/mol. The number of furan rings is 1. The van der Waals surface area contributed by atoms with E-state index in [1.54, 1.807) is 29.7 Å². The normalized spacial score (nSPS) is 11.2. The van der Waals surface area contributed by atoms with Crippen LogP contribution in [0.1, 0.15) is 27.5 Å². The number of thiophene rings is 1. The first kappa shape index (κ1) is 24.1. The number of nitrogens with one attached hydrogen (secondary N) is 4. The lowest BCUT2D eigenvalue weighted by molar-refractivity contribution is -0.115. The van der Waals surface area contributed by atoms with Crippen LogP contribution >= 0.6 is 11.3 Å². The minimum absolute atomic E-state index is 0.0528. The number of fused-ring (bicyclic) bond motifs is 1. The Morgan fingerprint density at radius 2 is 1.97 bits per heavy atom. The van der Waals surface area contributed by atoms with E-state index in [0.29, 0.717) is 24.4 Å². The van der Waals surface area contributed by atoms with Crippen molar-refractivity contribution in [2.24, 2.45) is 0 Å². The van der Waals surface area contributed by atoms with Crippen molar-refractivity contribution in [3.63, 3.8) is 0 Å². The van der Waals surface area contributed by atoms with Crippen molar-refractivity contribution >= 4 is 57.7 Å². The standard InChI is InChI=1S/C28H25N5O3S/c1-18-13-26-23(16-25(18)31-27(34)15-22-8-4-12-37-22)24(32-33-26)10-9-19-5-2-6-20(14-19)30-28(35)29-17-21-7-3-11-36-21/h2-14,16H,15,17H2,1H3,(H,31,34)(H,32,33)(H2,29,30,35)/b10-9+. The third kappa shape index (κ3) is 6.14. The molecule has 2 aromatic carbocycles. The van der Waals surface area contributed by atoms with Gasteiger partial charge in [-0.1, -0.05) is 24.3 Å². The smallest absolute Gasteiger partial charge is 0.319 e. The summed E-state index contributed by atoms with van der Waals surface area (Å²) in [5, 5.41) is 19.0. The number of amides is 3. The van der Waals surface area contributed by atoms with Crippen LogP contribution in [0.2, 0.25) is 0 Å². The average molecular weight is 512 g/mol. The lowest BCUT2D eigenvalue weighted by Gasteiger charge is -2.08. The molecule has 0 saturated carbocycles. The van der Waals surface area contributed by atoms with Crippen LogP contribution in [0.5, 0.6) is 0 Å². The molecular weight excluding hydrogens is 486 g/mol. The Kier molecular flexibility index (Phi) is 7.14. The fourth-order valence-corrected chi connectivity index (χ4v) is 4.58. The van der Waals surface area contributed by atoms with Gasteiger partial charge in [-0.2, -0.15) is 5.10 Å². The fraction of sp³-hybridized carbons (Fsp3) is 0.107. The molecule has 0 fully saturated rings. The van der Waals surface area contributed by atoms with Crippen molar-refractivity contribution in [3.05, 3.63) is 99.8 Å². The van der Waals surface area contributed by atoms with Crippen LogP contribution in [-0.4, -0.2) is 22.1 Å². The van der Waals surface area contributed by atoms with Crippen molar-refractivity contribution in [2.45, 2.75) is 19.9 Å². The van der Waals surface area contributed by atoms with E-state index in [4.69, 9.17) is 4.42 Å². The topological polar surface area (TPSA) is 112 Å². The summed E-state index contributed by atoms with van der Waals surface area (Å²) in [5.41, 5.74) is 4.91. The molecule has 186 valence electrons. The number of benzene rings is 2. The number of carbonyl (C=O) groups excluding carboxylic acids is 2. The third-order valence-corrected chi connectivity index (χ3v) is 6.58. The van der Waals surface area contributed by atoms with Crippen molar-refractivity contribution < 1.29 is 14.0 Å². The molecule has 3 heterocycles. The van der Waals surface area contributed by atoms with Gasteiger partial charge in [0.15, 0.2) is 0 Å². The van der Waals surface area contributed by atoms with Crippen molar-refractivity contribution in [2.75, 3.05) is 10.6 Å². The summed E-state index contributed by atoms with van der Waals surface area (Å²) in [6, 6.07) is 18.6. The second-order valence-electron chi connectivity index (χ2n) is 8.47. The molecule has 8 nitrogen and oxygen atoms in total. The highest BCUT2D eigenvalue weighted by molar-refractivity contribution is 7.10. The zero-order chi connectivity index (χ0) is 25.6. The number of aromatic nitrogens is 2. The Hall–Kier alpha value is -4.63. The van der Waals surface area contributed by atoms with Gasteiger partial charge in [0.2, 0.25) is 5.91 Å². The number of hydrogen-bond donors (Lipinski definition) is 4. The van der Waals surface area contributed by atoms with Gasteiger partial charge in [-0.15, -0.1) is 11.3 Å². The van der Waals surface area contributed by atoms with E-state index < -0.39 is 0 Å². The highest BCUT2D eigenvalue weighted by Crippen LogP contribution is 2.26. The molecule has 0 aliphatic heterocycles. The molecule has 37 heavy (non-hydrogen) atoms. The van der Waals surface area contributed by atoms with Crippen LogP contribution in [0.15, 0.2) is 76.7 Å². The van der Waals surface area contributed by atoms with Gasteiger partial charge in [-0.3, -0.25) is 9.89 Å². The quantitative estimate of drug-likeness (QED) is 0.199. The second-order valence-corrected chi connectivity index (χ2v) is 9.50. The summed E-state index contributed by atoms with van der Waals surface area (Å²) in [4.78, 5) is 25.8. The number of aromatic amines is 1. The van der Waals surface area contributed by atoms with Gasteiger partial charge in [-0.05, 0) is 72.0 Å². The SMILES string of the molecule is Cc1cc2[nH]nc(/C=C/c3cccc(NC(=O)NCc4ccco4)c3)c2cc1NC(=O)Cc1cccs1. The van der Waals surface area contributed by atoms with Gasteiger partial charge in [0.05, 0.1) is 30.4 Å². The van der Waals surface area contributed by atoms with Crippen LogP contribution in [0, 0.1) is 6.92 Å². The molecule has 0 atom stereocenters. The van der Waals surface area contributed by atoms with E-state index in [-0.39, 0.29) is 11.9 Å². The number of hydrogen-bond acceptors (Lipinski definition) is 5. The first-order chi connectivity index (χ1) is 18.0. The molecule has 0 bridgehead atoms. The summed E-state index contributed by atoms with van der Waals surface area (Å²) < 4.78 is 5.22. The Morgan fingerprint density at radius 1 is 1.05 bits per heavy atom. The highest BCUT2D eigenvalue weighted by atomic mass is 32.1. The minimum atomic E-state index is -0.320. The summed E-state index contributed by atoms with van der Waals surface area (Å²) in [6.07, 6.45) is 5.74. The van der Waals surface area contributed by atoms with E-state index in [1.807, 2.05) is 73.0 Å². The fourth-order valence-electron chi connectivity index (χ4n) is 3.87. The van der Waals surface area contributed by atoms with E-state index in [0.717, 1.165) is 38.3 Å². The van der Waals surface area contributed by atoms with Gasteiger partial charge in [-0.25, -0.2) is 4.79 Å². The van der Waals surface area contributed by atoms with Crippen molar-refractivity contribution in [1.82, 2.24) is 15.5 Å². The zero-order valence-electron chi connectivity index (χ0n) is 20.1. The Bertz CT molecular complexity index is 1550. The maximum atomic E-state index is 12.5. The largest absolute Gasteiger partial charge is 0.467 e. The molecule has 3 aromatic heterocycles. The molecule has 5 rings (SSSR count). The number of aryl methyl sites for hydroxylation is 1. The molecule has 5 aromatic rings. The number of anilines is 2. The number of carbonyl (C=O) groups is 2. The van der Waals surface area contributed by atoms with Crippen LogP contribution in [0.25, 0.3) is 23.1 Å². The average Bonchev–Trinajstić information content (AvgIpc) is 3.65. The van der Waals surface area contributed by atoms with Crippen molar-refractivity contribution in [3.8, 4) is 0 Å². The molecule has 0 spiro atoms. The number of urea groups is 1. The van der Waals surface area contributed by atoms with Gasteiger partial charge in [0.25, 0.3) is 0 Å². The van der Waals surface area contributed by atoms with E-state index in [1.165, 1.54) is 0 Å². The maximum Gasteiger partial charge on any atom is 0.319 e. The van der Waals surface area contributed by atoms with Gasteiger partial charge >= 0.3 is 6.03 Å². The predicted octanol–water partition coefficient (Wildman–Crippen LogP) is 6.20. The minimum Gasteiger partial charge on any atom is -0.467 e. The summed E-state index contributed by atoms with van der Waals surface area (Å²) in [7, 11) is 0. The molecule has 4 N–H and O–H groups in total. The number of nitrogens with zero attached hydrogens (tertiary/aromatic N) is 1. The molecular formula is C28H25N5O3S. The summed E-state index contributed by atoms with van der Waals surface area (Å²) in [6.45, 7) is 2.26. The first-order valence-electron chi connectivity index (χ1n) is 11.7. The van der Waals surface area contributed by atoms with E-state index in [9.17, 15) is 9.59 Å². The van der Waals surface area contributed by atoms with E-state index in [2.05, 4.69) is 26.1 Å². The van der Waals surface area contributed by atoms with Crippen LogP contribution in [-0.2, 0) is 17.8 Å². The Balaban J connectivity index is 1.27. The maximum absolute atomic E-state index is 12.5. The van der Waals surface area contributed by atoms with E-state index >= 15 is 0 Å². The Morgan fingerprint density at radius 3 is 2.78 bits per heavy atom. The molecule has 0 radical (unpaired) electrons.